The Hall–Kier alpha value is -1.30. The number of nitrogens with one attached hydrogen (secondary N) is 1. The van der Waals surface area contributed by atoms with Gasteiger partial charge in [-0.3, -0.25) is 4.90 Å². The van der Waals surface area contributed by atoms with Gasteiger partial charge in [0.2, 0.25) is 0 Å². The molecule has 6 heteroatoms. The number of hydrogen-bond acceptors (Lipinski definition) is 4. The zero-order chi connectivity index (χ0) is 18.2. The van der Waals surface area contributed by atoms with Crippen LogP contribution in [0.2, 0.25) is 5.02 Å². The number of halogens is 1. The summed E-state index contributed by atoms with van der Waals surface area (Å²) in [7, 11) is 0. The number of hydrogen-bond donors (Lipinski definition) is 2. The second-order valence-electron chi connectivity index (χ2n) is 8.04. The molecule has 0 bridgehead atoms. The summed E-state index contributed by atoms with van der Waals surface area (Å²) in [4.78, 5) is 14.3. The maximum Gasteiger partial charge on any atom is 0.407 e. The molecule has 2 aliphatic rings. The number of carbonyl (C=O) groups is 1. The second-order valence-corrected chi connectivity index (χ2v) is 8.48. The molecular weight excluding hydrogens is 340 g/mol. The molecule has 1 fully saturated rings. The van der Waals surface area contributed by atoms with Crippen LogP contribution in [0.15, 0.2) is 18.2 Å². The first kappa shape index (κ1) is 18.5. The number of rotatable bonds is 2. The fraction of sp³-hybridized carbons (Fsp3) is 0.632. The maximum absolute atomic E-state index is 12.0. The number of amides is 1. The Morgan fingerprint density at radius 2 is 2.16 bits per heavy atom. The minimum atomic E-state index is -0.507. The van der Waals surface area contributed by atoms with Crippen LogP contribution in [0, 0.1) is 0 Å². The summed E-state index contributed by atoms with van der Waals surface area (Å²) in [5.41, 5.74) is 1.59. The molecule has 1 saturated heterocycles. The molecule has 2 N–H and O–H groups in total. The van der Waals surface area contributed by atoms with Crippen molar-refractivity contribution in [3.8, 4) is 0 Å². The van der Waals surface area contributed by atoms with E-state index in [2.05, 4.69) is 10.2 Å². The Kier molecular flexibility index (Phi) is 5.28. The van der Waals surface area contributed by atoms with Crippen molar-refractivity contribution in [2.45, 2.75) is 63.8 Å². The van der Waals surface area contributed by atoms with Crippen molar-refractivity contribution in [3.63, 3.8) is 0 Å². The van der Waals surface area contributed by atoms with Crippen molar-refractivity contribution in [2.24, 2.45) is 0 Å². The highest BCUT2D eigenvalue weighted by Gasteiger charge is 2.37. The lowest BCUT2D eigenvalue weighted by Crippen LogP contribution is -2.52. The predicted molar refractivity (Wildman–Crippen MR) is 97.9 cm³/mol. The van der Waals surface area contributed by atoms with Crippen molar-refractivity contribution >= 4 is 17.7 Å². The smallest absolute Gasteiger partial charge is 0.407 e. The zero-order valence-electron chi connectivity index (χ0n) is 15.1. The van der Waals surface area contributed by atoms with Gasteiger partial charge in [-0.15, -0.1) is 0 Å². The Balaban J connectivity index is 1.62. The van der Waals surface area contributed by atoms with E-state index in [1.807, 2.05) is 39.0 Å². The van der Waals surface area contributed by atoms with E-state index in [0.29, 0.717) is 5.02 Å². The van der Waals surface area contributed by atoms with Gasteiger partial charge in [-0.25, -0.2) is 4.79 Å². The van der Waals surface area contributed by atoms with E-state index in [1.165, 1.54) is 0 Å². The van der Waals surface area contributed by atoms with Crippen LogP contribution in [-0.4, -0.2) is 46.9 Å². The van der Waals surface area contributed by atoms with Gasteiger partial charge in [0.25, 0.3) is 0 Å². The minimum Gasteiger partial charge on any atom is -0.444 e. The molecule has 3 atom stereocenters. The van der Waals surface area contributed by atoms with E-state index in [0.717, 1.165) is 43.5 Å². The number of fused-ring (bicyclic) bond motifs is 1. The lowest BCUT2D eigenvalue weighted by atomic mass is 10.0. The first-order valence-corrected chi connectivity index (χ1v) is 9.31. The van der Waals surface area contributed by atoms with Crippen LogP contribution in [-0.2, 0) is 11.2 Å². The summed E-state index contributed by atoms with van der Waals surface area (Å²) in [5, 5.41) is 14.4. The summed E-state index contributed by atoms with van der Waals surface area (Å²) < 4.78 is 5.35. The number of nitrogens with zero attached hydrogens (tertiary/aromatic N) is 1. The molecule has 0 radical (unpaired) electrons. The van der Waals surface area contributed by atoms with Gasteiger partial charge in [-0.1, -0.05) is 17.7 Å². The van der Waals surface area contributed by atoms with E-state index in [4.69, 9.17) is 16.3 Å². The van der Waals surface area contributed by atoms with E-state index in [-0.39, 0.29) is 18.2 Å². The summed E-state index contributed by atoms with van der Waals surface area (Å²) >= 11 is 6.08. The number of ether oxygens (including phenoxy) is 1. The van der Waals surface area contributed by atoms with Crippen molar-refractivity contribution < 1.29 is 14.6 Å². The maximum atomic E-state index is 12.0. The molecule has 0 aromatic heterocycles. The number of piperidine rings is 1. The Labute approximate surface area is 154 Å². The van der Waals surface area contributed by atoms with Gasteiger partial charge in [-0.2, -0.15) is 0 Å². The molecule has 25 heavy (non-hydrogen) atoms. The monoisotopic (exact) mass is 366 g/mol. The van der Waals surface area contributed by atoms with Crippen molar-refractivity contribution in [1.82, 2.24) is 10.2 Å². The van der Waals surface area contributed by atoms with Crippen LogP contribution in [0.4, 0.5) is 4.79 Å². The first-order chi connectivity index (χ1) is 11.7. The number of carbonyl (C=O) groups excluding carboxylic acids is 1. The van der Waals surface area contributed by atoms with Crippen molar-refractivity contribution in [1.29, 1.82) is 0 Å². The van der Waals surface area contributed by atoms with Gasteiger partial charge in [-0.05, 0) is 69.8 Å². The Morgan fingerprint density at radius 1 is 1.40 bits per heavy atom. The molecule has 1 aliphatic heterocycles. The standard InChI is InChI=1S/C19H27ClN2O3/c1-19(2,3)25-18(24)21-14-5-4-8-22(11-14)16-10-12-9-13(20)6-7-15(12)17(16)23/h6-7,9,14,16-17,23H,4-5,8,10-11H2,1-3H3,(H,21,24)/t14-,16-,17+/m1/s1. The summed E-state index contributed by atoms with van der Waals surface area (Å²) in [6.45, 7) is 7.23. The van der Waals surface area contributed by atoms with Gasteiger partial charge < -0.3 is 15.2 Å². The predicted octanol–water partition coefficient (Wildman–Crippen LogP) is 3.29. The third-order valence-corrected chi connectivity index (χ3v) is 5.09. The van der Waals surface area contributed by atoms with Crippen molar-refractivity contribution in [2.75, 3.05) is 13.1 Å². The Morgan fingerprint density at radius 3 is 2.88 bits per heavy atom. The fourth-order valence-electron chi connectivity index (χ4n) is 3.81. The van der Waals surface area contributed by atoms with E-state index < -0.39 is 11.7 Å². The third-order valence-electron chi connectivity index (χ3n) is 4.86. The molecule has 0 unspecified atom stereocenters. The molecule has 0 saturated carbocycles. The first-order valence-electron chi connectivity index (χ1n) is 8.93. The molecular formula is C19H27ClN2O3. The van der Waals surface area contributed by atoms with Gasteiger partial charge in [0.1, 0.15) is 5.60 Å². The second kappa shape index (κ2) is 7.14. The minimum absolute atomic E-state index is 0.0386. The molecule has 1 amide bonds. The van der Waals surface area contributed by atoms with Gasteiger partial charge in [0.05, 0.1) is 6.10 Å². The van der Waals surface area contributed by atoms with Crippen LogP contribution in [0.3, 0.4) is 0 Å². The lowest BCUT2D eigenvalue weighted by molar-refractivity contribution is 0.0301. The average molecular weight is 367 g/mol. The molecule has 1 aliphatic carbocycles. The largest absolute Gasteiger partial charge is 0.444 e. The number of alkyl carbamates (subject to hydrolysis) is 1. The van der Waals surface area contributed by atoms with Crippen LogP contribution in [0.1, 0.15) is 50.8 Å². The van der Waals surface area contributed by atoms with Crippen LogP contribution < -0.4 is 5.32 Å². The summed E-state index contributed by atoms with van der Waals surface area (Å²) in [6.07, 6.45) is 1.82. The molecule has 1 aromatic rings. The van der Waals surface area contributed by atoms with Crippen LogP contribution >= 0.6 is 11.6 Å². The Bertz CT molecular complexity index is 644. The fourth-order valence-corrected chi connectivity index (χ4v) is 4.01. The highest BCUT2D eigenvalue weighted by molar-refractivity contribution is 6.30. The van der Waals surface area contributed by atoms with Crippen LogP contribution in [0.5, 0.6) is 0 Å². The highest BCUT2D eigenvalue weighted by Crippen LogP contribution is 2.36. The molecule has 1 aromatic carbocycles. The van der Waals surface area contributed by atoms with E-state index in [9.17, 15) is 9.90 Å². The highest BCUT2D eigenvalue weighted by atomic mass is 35.5. The molecule has 138 valence electrons. The molecule has 1 heterocycles. The number of likely N-dealkylation sites (tertiary alicyclic amines) is 1. The van der Waals surface area contributed by atoms with Crippen molar-refractivity contribution in [3.05, 3.63) is 34.3 Å². The number of benzene rings is 1. The average Bonchev–Trinajstić information content (AvgIpc) is 2.82. The third kappa shape index (κ3) is 4.46. The van der Waals surface area contributed by atoms with E-state index >= 15 is 0 Å². The molecule has 0 spiro atoms. The number of aliphatic hydroxyl groups excluding tert-OH is 1. The van der Waals surface area contributed by atoms with Gasteiger partial charge in [0.15, 0.2) is 0 Å². The quantitative estimate of drug-likeness (QED) is 0.843. The van der Waals surface area contributed by atoms with E-state index in [1.54, 1.807) is 0 Å². The summed E-state index contributed by atoms with van der Waals surface area (Å²) in [6, 6.07) is 5.78. The summed E-state index contributed by atoms with van der Waals surface area (Å²) in [5.74, 6) is 0. The zero-order valence-corrected chi connectivity index (χ0v) is 15.8. The van der Waals surface area contributed by atoms with Gasteiger partial charge >= 0.3 is 6.09 Å². The molecule has 3 rings (SSSR count). The van der Waals surface area contributed by atoms with Crippen LogP contribution in [0.25, 0.3) is 0 Å². The SMILES string of the molecule is CC(C)(C)OC(=O)N[C@@H]1CCCN([C@@H]2Cc3cc(Cl)ccc3[C@@H]2O)C1. The molecule has 5 nitrogen and oxygen atoms in total. The topological polar surface area (TPSA) is 61.8 Å². The number of aliphatic hydroxyl groups is 1. The lowest BCUT2D eigenvalue weighted by Gasteiger charge is -2.38. The van der Waals surface area contributed by atoms with Gasteiger partial charge in [0, 0.05) is 23.7 Å². The normalized spacial score (nSPS) is 27.0.